The molecule has 0 radical (unpaired) electrons. The number of aliphatic imine (C=N–C) groups is 2. The number of aromatic nitrogens is 2. The smallest absolute Gasteiger partial charge is 0.234 e. The molecule has 0 amide bonds. The van der Waals surface area contributed by atoms with Crippen molar-refractivity contribution in [2.24, 2.45) is 15.7 Å². The van der Waals surface area contributed by atoms with Crippen LogP contribution in [-0.2, 0) is 0 Å². The molecule has 8 heteroatoms. The minimum atomic E-state index is -1.95. The van der Waals surface area contributed by atoms with Crippen molar-refractivity contribution < 1.29 is 4.39 Å². The van der Waals surface area contributed by atoms with Gasteiger partial charge in [0.05, 0.1) is 11.0 Å². The Labute approximate surface area is 160 Å². The van der Waals surface area contributed by atoms with E-state index in [1.165, 1.54) is 6.92 Å². The van der Waals surface area contributed by atoms with Crippen LogP contribution in [0.2, 0.25) is 5.02 Å². The zero-order valence-electron chi connectivity index (χ0n) is 14.8. The van der Waals surface area contributed by atoms with Gasteiger partial charge in [0.2, 0.25) is 11.6 Å². The van der Waals surface area contributed by atoms with Crippen LogP contribution in [-0.4, -0.2) is 33.2 Å². The third-order valence-corrected chi connectivity index (χ3v) is 4.81. The number of rotatable bonds is 2. The highest BCUT2D eigenvalue weighted by Crippen LogP contribution is 2.27. The van der Waals surface area contributed by atoms with Crippen molar-refractivity contribution >= 4 is 40.1 Å². The molecule has 1 aliphatic heterocycles. The number of amidine groups is 1. The third-order valence-electron chi connectivity index (χ3n) is 4.56. The Morgan fingerprint density at radius 2 is 1.89 bits per heavy atom. The summed E-state index contributed by atoms with van der Waals surface area (Å²) in [5, 5.41) is 3.67. The molecule has 6 nitrogen and oxygen atoms in total. The van der Waals surface area contributed by atoms with Gasteiger partial charge in [-0.05, 0) is 50.2 Å². The van der Waals surface area contributed by atoms with Crippen LogP contribution >= 0.6 is 11.6 Å². The molecule has 2 aromatic carbocycles. The van der Waals surface area contributed by atoms with Crippen LogP contribution in [0.5, 0.6) is 0 Å². The molecule has 1 aliphatic rings. The summed E-state index contributed by atoms with van der Waals surface area (Å²) in [7, 11) is 0. The van der Waals surface area contributed by atoms with E-state index in [2.05, 4.69) is 20.3 Å². The van der Waals surface area contributed by atoms with Crippen LogP contribution in [0.15, 0.2) is 58.5 Å². The van der Waals surface area contributed by atoms with Crippen molar-refractivity contribution in [2.75, 3.05) is 5.32 Å². The molecule has 1 aromatic heterocycles. The van der Waals surface area contributed by atoms with Gasteiger partial charge in [-0.1, -0.05) is 23.7 Å². The Balaban J connectivity index is 1.79. The molecule has 1 unspecified atom stereocenters. The minimum absolute atomic E-state index is 0.142. The summed E-state index contributed by atoms with van der Waals surface area (Å²) in [6, 6.07) is 14.6. The fraction of sp³-hybridized carbons (Fsp3) is 0.211. The first kappa shape index (κ1) is 17.5. The fourth-order valence-electron chi connectivity index (χ4n) is 3.00. The summed E-state index contributed by atoms with van der Waals surface area (Å²) in [5.74, 6) is 0.843. The normalized spacial score (nSPS) is 22.4. The monoisotopic (exact) mass is 384 g/mol. The number of fused-ring (bicyclic) bond motifs is 1. The lowest BCUT2D eigenvalue weighted by molar-refractivity contribution is 0.245. The maximum Gasteiger partial charge on any atom is 0.234 e. The fourth-order valence-corrected chi connectivity index (χ4v) is 3.13. The van der Waals surface area contributed by atoms with E-state index in [1.54, 1.807) is 28.8 Å². The average molecular weight is 385 g/mol. The number of nitrogens with one attached hydrogen (secondary N) is 1. The summed E-state index contributed by atoms with van der Waals surface area (Å²) in [6.45, 7) is 3.21. The lowest BCUT2D eigenvalue weighted by atomic mass is 10.0. The SMILES string of the molecule is Cc1nc2ccccc2n1C1=NC(Nc2ccc(Cl)cc2)[C@](C)(F)C(N)=N1. The minimum Gasteiger partial charge on any atom is -0.384 e. The largest absolute Gasteiger partial charge is 0.384 e. The molecule has 0 saturated carbocycles. The third kappa shape index (κ3) is 3.04. The second kappa shape index (κ2) is 6.35. The number of imidazole rings is 1. The van der Waals surface area contributed by atoms with Crippen molar-refractivity contribution in [1.82, 2.24) is 9.55 Å². The van der Waals surface area contributed by atoms with Gasteiger partial charge in [0.15, 0.2) is 6.17 Å². The summed E-state index contributed by atoms with van der Waals surface area (Å²) >= 11 is 5.92. The zero-order valence-corrected chi connectivity index (χ0v) is 15.6. The number of para-hydroxylation sites is 2. The van der Waals surface area contributed by atoms with Gasteiger partial charge in [0.25, 0.3) is 0 Å². The van der Waals surface area contributed by atoms with E-state index in [0.29, 0.717) is 22.5 Å². The van der Waals surface area contributed by atoms with Crippen LogP contribution in [0, 0.1) is 6.92 Å². The van der Waals surface area contributed by atoms with Gasteiger partial charge in [0.1, 0.15) is 11.7 Å². The number of hydrogen-bond acceptors (Lipinski definition) is 5. The van der Waals surface area contributed by atoms with Crippen molar-refractivity contribution in [3.8, 4) is 0 Å². The van der Waals surface area contributed by atoms with E-state index in [4.69, 9.17) is 17.3 Å². The van der Waals surface area contributed by atoms with E-state index in [0.717, 1.165) is 11.0 Å². The van der Waals surface area contributed by atoms with Gasteiger partial charge in [-0.3, -0.25) is 4.57 Å². The van der Waals surface area contributed by atoms with Gasteiger partial charge in [-0.2, -0.15) is 4.99 Å². The number of nitrogens with two attached hydrogens (primary N) is 1. The Hall–Kier alpha value is -2.93. The number of nitrogens with zero attached hydrogens (tertiary/aromatic N) is 4. The lowest BCUT2D eigenvalue weighted by Crippen LogP contribution is -2.53. The molecule has 2 heterocycles. The molecule has 3 N–H and O–H groups in total. The number of aryl methyl sites for hydroxylation is 1. The first-order valence-corrected chi connectivity index (χ1v) is 8.82. The maximum absolute atomic E-state index is 15.2. The molecule has 0 saturated heterocycles. The molecule has 0 bridgehead atoms. The first-order chi connectivity index (χ1) is 12.9. The van der Waals surface area contributed by atoms with Crippen molar-refractivity contribution in [2.45, 2.75) is 25.7 Å². The first-order valence-electron chi connectivity index (χ1n) is 8.44. The van der Waals surface area contributed by atoms with Crippen LogP contribution in [0.4, 0.5) is 10.1 Å². The molecular weight excluding hydrogens is 367 g/mol. The van der Waals surface area contributed by atoms with Gasteiger partial charge in [-0.25, -0.2) is 14.4 Å². The van der Waals surface area contributed by atoms with Crippen LogP contribution in [0.25, 0.3) is 11.0 Å². The molecule has 27 heavy (non-hydrogen) atoms. The molecule has 2 atom stereocenters. The second-order valence-electron chi connectivity index (χ2n) is 6.54. The molecule has 0 spiro atoms. The number of benzene rings is 2. The van der Waals surface area contributed by atoms with E-state index >= 15 is 4.39 Å². The molecule has 0 fully saturated rings. The quantitative estimate of drug-likeness (QED) is 0.706. The van der Waals surface area contributed by atoms with E-state index < -0.39 is 11.8 Å². The van der Waals surface area contributed by atoms with Gasteiger partial charge in [-0.15, -0.1) is 0 Å². The zero-order chi connectivity index (χ0) is 19.2. The topological polar surface area (TPSA) is 80.6 Å². The summed E-state index contributed by atoms with van der Waals surface area (Å²) in [5.41, 5.74) is 6.34. The van der Waals surface area contributed by atoms with E-state index in [1.807, 2.05) is 31.2 Å². The standard InChI is InChI=1S/C19H18ClFN6/c1-11-23-14-5-3-4-6-15(14)27(11)18-25-16(22)19(2,21)17(26-18)24-13-9-7-12(20)8-10-13/h3-10,17,24H,1-2H3,(H2,22,25,26)/t17?,19-/m1/s1. The Morgan fingerprint density at radius 3 is 2.63 bits per heavy atom. The molecule has 3 aromatic rings. The van der Waals surface area contributed by atoms with Crippen LogP contribution < -0.4 is 11.1 Å². The Bertz CT molecular complexity index is 1070. The highest BCUT2D eigenvalue weighted by molar-refractivity contribution is 6.30. The van der Waals surface area contributed by atoms with Crippen LogP contribution in [0.3, 0.4) is 0 Å². The summed E-state index contributed by atoms with van der Waals surface area (Å²) in [6.07, 6.45) is -0.952. The van der Waals surface area contributed by atoms with E-state index in [-0.39, 0.29) is 5.84 Å². The lowest BCUT2D eigenvalue weighted by Gasteiger charge is -2.32. The average Bonchev–Trinajstić information content (AvgIpc) is 2.96. The second-order valence-corrected chi connectivity index (χ2v) is 6.98. The highest BCUT2D eigenvalue weighted by atomic mass is 35.5. The molecule has 138 valence electrons. The number of hydrogen-bond donors (Lipinski definition) is 2. The molecule has 4 rings (SSSR count). The van der Waals surface area contributed by atoms with Crippen molar-refractivity contribution in [3.05, 3.63) is 59.4 Å². The highest BCUT2D eigenvalue weighted by Gasteiger charge is 2.42. The van der Waals surface area contributed by atoms with Crippen molar-refractivity contribution in [1.29, 1.82) is 0 Å². The maximum atomic E-state index is 15.2. The summed E-state index contributed by atoms with van der Waals surface area (Å²) in [4.78, 5) is 13.2. The molecule has 0 aliphatic carbocycles. The Morgan fingerprint density at radius 1 is 1.19 bits per heavy atom. The predicted molar refractivity (Wildman–Crippen MR) is 107 cm³/mol. The molecular formula is C19H18ClFN6. The predicted octanol–water partition coefficient (Wildman–Crippen LogP) is 3.74. The van der Waals surface area contributed by atoms with Gasteiger partial charge in [0, 0.05) is 10.7 Å². The van der Waals surface area contributed by atoms with Crippen molar-refractivity contribution in [3.63, 3.8) is 0 Å². The van der Waals surface area contributed by atoms with E-state index in [9.17, 15) is 0 Å². The number of anilines is 1. The van der Waals surface area contributed by atoms with Gasteiger partial charge < -0.3 is 11.1 Å². The summed E-state index contributed by atoms with van der Waals surface area (Å²) < 4.78 is 17.0. The van der Waals surface area contributed by atoms with Crippen LogP contribution in [0.1, 0.15) is 12.7 Å². The number of halogens is 2. The number of alkyl halides is 1. The Kier molecular flexibility index (Phi) is 4.11. The van der Waals surface area contributed by atoms with Gasteiger partial charge >= 0.3 is 0 Å².